The number of aromatic nitrogens is 1. The zero-order valence-electron chi connectivity index (χ0n) is 14.0. The zero-order chi connectivity index (χ0) is 17.9. The summed E-state index contributed by atoms with van der Waals surface area (Å²) in [7, 11) is 0. The maximum Gasteiger partial charge on any atom is 0.344 e. The second-order valence-corrected chi connectivity index (χ2v) is 7.63. The third-order valence-electron chi connectivity index (χ3n) is 3.01. The number of alkyl halides is 1. The third-order valence-corrected chi connectivity index (χ3v) is 3.74. The molecule has 0 bridgehead atoms. The number of aryl methyl sites for hydroxylation is 1. The highest BCUT2D eigenvalue weighted by Gasteiger charge is 2.27. The Morgan fingerprint density at radius 1 is 1.38 bits per heavy atom. The molecular weight excluding hydrogens is 445 g/mol. The molecular formula is C17H19ClINO4. The molecule has 0 aliphatic heterocycles. The van der Waals surface area contributed by atoms with E-state index in [1.807, 2.05) is 20.8 Å². The molecule has 1 aromatic heterocycles. The van der Waals surface area contributed by atoms with Crippen molar-refractivity contribution in [3.63, 3.8) is 0 Å². The van der Waals surface area contributed by atoms with Gasteiger partial charge in [-0.2, -0.15) is 0 Å². The first-order chi connectivity index (χ1) is 11.2. The lowest BCUT2D eigenvalue weighted by molar-refractivity contribution is 0.00686. The van der Waals surface area contributed by atoms with Gasteiger partial charge < -0.3 is 14.0 Å². The van der Waals surface area contributed by atoms with E-state index in [0.29, 0.717) is 40.0 Å². The molecule has 2 aromatic rings. The highest BCUT2D eigenvalue weighted by molar-refractivity contribution is 14.1. The maximum atomic E-state index is 12.4. The van der Waals surface area contributed by atoms with Gasteiger partial charge in [0.2, 0.25) is 0 Å². The molecule has 2 rings (SSSR count). The molecule has 0 N–H and O–H groups in total. The largest absolute Gasteiger partial charge is 0.491 e. The summed E-state index contributed by atoms with van der Waals surface area (Å²) in [6.07, 6.45) is 0. The normalized spacial score (nSPS) is 11.4. The van der Waals surface area contributed by atoms with Crippen molar-refractivity contribution in [2.24, 2.45) is 0 Å². The van der Waals surface area contributed by atoms with Crippen molar-refractivity contribution in [3.8, 4) is 17.0 Å². The first-order valence-corrected chi connectivity index (χ1v) is 9.31. The summed E-state index contributed by atoms with van der Waals surface area (Å²) in [4.78, 5) is 12.4. The van der Waals surface area contributed by atoms with Crippen molar-refractivity contribution in [1.82, 2.24) is 5.16 Å². The lowest BCUT2D eigenvalue weighted by Gasteiger charge is -2.19. The predicted octanol–water partition coefficient (Wildman–Crippen LogP) is 5.07. The molecule has 130 valence electrons. The van der Waals surface area contributed by atoms with Crippen LogP contribution in [0.5, 0.6) is 5.75 Å². The van der Waals surface area contributed by atoms with Crippen molar-refractivity contribution in [2.45, 2.75) is 33.3 Å². The number of hydrogen-bond donors (Lipinski definition) is 0. The van der Waals surface area contributed by atoms with Crippen LogP contribution in [0.15, 0.2) is 22.7 Å². The van der Waals surface area contributed by atoms with E-state index in [1.54, 1.807) is 25.1 Å². The molecule has 24 heavy (non-hydrogen) atoms. The van der Waals surface area contributed by atoms with Crippen LogP contribution in [0.25, 0.3) is 11.3 Å². The van der Waals surface area contributed by atoms with Gasteiger partial charge in [-0.05, 0) is 45.9 Å². The van der Waals surface area contributed by atoms with Gasteiger partial charge in [-0.1, -0.05) is 39.3 Å². The van der Waals surface area contributed by atoms with Gasteiger partial charge in [0.25, 0.3) is 0 Å². The lowest BCUT2D eigenvalue weighted by atomic mass is 10.1. The fourth-order valence-electron chi connectivity index (χ4n) is 2.05. The summed E-state index contributed by atoms with van der Waals surface area (Å²) in [6, 6.07) is 5.25. The SMILES string of the molecule is Cc1onc(-c2ccc(OCCI)c(Cl)c2)c1C(=O)OC(C)(C)C. The Kier molecular flexibility index (Phi) is 6.14. The summed E-state index contributed by atoms with van der Waals surface area (Å²) in [5.74, 6) is 0.523. The third kappa shape index (κ3) is 4.63. The van der Waals surface area contributed by atoms with E-state index < -0.39 is 11.6 Å². The molecule has 5 nitrogen and oxygen atoms in total. The van der Waals surface area contributed by atoms with E-state index in [0.717, 1.165) is 4.43 Å². The van der Waals surface area contributed by atoms with Crippen LogP contribution in [-0.4, -0.2) is 27.8 Å². The number of rotatable bonds is 5. The Morgan fingerprint density at radius 2 is 2.08 bits per heavy atom. The summed E-state index contributed by atoms with van der Waals surface area (Å²) in [6.45, 7) is 7.68. The highest BCUT2D eigenvalue weighted by Crippen LogP contribution is 2.33. The van der Waals surface area contributed by atoms with Crippen LogP contribution < -0.4 is 4.74 Å². The van der Waals surface area contributed by atoms with E-state index in [1.165, 1.54) is 0 Å². The Morgan fingerprint density at radius 3 is 2.67 bits per heavy atom. The second-order valence-electron chi connectivity index (χ2n) is 6.15. The molecule has 0 saturated carbocycles. The predicted molar refractivity (Wildman–Crippen MR) is 101 cm³/mol. The molecule has 0 atom stereocenters. The standard InChI is InChI=1S/C17H19ClINO4/c1-10-14(16(21)23-17(2,3)4)15(20-24-10)11-5-6-13(12(18)9-11)22-8-7-19/h5-6,9H,7-8H2,1-4H3. The Balaban J connectivity index is 2.36. The number of carbonyl (C=O) groups excluding carboxylic acids is 1. The van der Waals surface area contributed by atoms with Crippen LogP contribution in [-0.2, 0) is 4.74 Å². The van der Waals surface area contributed by atoms with E-state index in [2.05, 4.69) is 27.7 Å². The van der Waals surface area contributed by atoms with Gasteiger partial charge in [-0.25, -0.2) is 4.79 Å². The van der Waals surface area contributed by atoms with E-state index in [4.69, 9.17) is 25.6 Å². The first kappa shape index (κ1) is 19.1. The molecule has 0 radical (unpaired) electrons. The van der Waals surface area contributed by atoms with Crippen LogP contribution in [0.3, 0.4) is 0 Å². The number of hydrogen-bond acceptors (Lipinski definition) is 5. The number of ether oxygens (including phenoxy) is 2. The Labute approximate surface area is 159 Å². The molecule has 0 amide bonds. The summed E-state index contributed by atoms with van der Waals surface area (Å²) in [5.41, 5.74) is 0.776. The van der Waals surface area contributed by atoms with Crippen molar-refractivity contribution in [1.29, 1.82) is 0 Å². The quantitative estimate of drug-likeness (QED) is 0.352. The smallest absolute Gasteiger partial charge is 0.344 e. The molecule has 0 saturated heterocycles. The number of esters is 1. The van der Waals surface area contributed by atoms with Crippen LogP contribution >= 0.6 is 34.2 Å². The minimum absolute atomic E-state index is 0.307. The molecule has 0 fully saturated rings. The summed E-state index contributed by atoms with van der Waals surface area (Å²) in [5, 5.41) is 4.45. The van der Waals surface area contributed by atoms with Gasteiger partial charge in [0.1, 0.15) is 28.4 Å². The highest BCUT2D eigenvalue weighted by atomic mass is 127. The Bertz CT molecular complexity index is 737. The van der Waals surface area contributed by atoms with Gasteiger partial charge in [-0.3, -0.25) is 0 Å². The van der Waals surface area contributed by atoms with Gasteiger partial charge in [0.05, 0.1) is 11.6 Å². The van der Waals surface area contributed by atoms with Crippen molar-refractivity contribution in [3.05, 3.63) is 34.5 Å². The van der Waals surface area contributed by atoms with Crippen LogP contribution in [0, 0.1) is 6.92 Å². The molecule has 1 heterocycles. The van der Waals surface area contributed by atoms with E-state index in [9.17, 15) is 4.79 Å². The van der Waals surface area contributed by atoms with Crippen molar-refractivity contribution >= 4 is 40.2 Å². The number of halogens is 2. The molecule has 7 heteroatoms. The molecule has 0 aliphatic carbocycles. The first-order valence-electron chi connectivity index (χ1n) is 7.41. The maximum absolute atomic E-state index is 12.4. The number of carbonyl (C=O) groups is 1. The second kappa shape index (κ2) is 7.74. The topological polar surface area (TPSA) is 61.6 Å². The van der Waals surface area contributed by atoms with Gasteiger partial charge in [0, 0.05) is 9.99 Å². The average molecular weight is 464 g/mol. The fourth-order valence-corrected chi connectivity index (χ4v) is 2.51. The fraction of sp³-hybridized carbons (Fsp3) is 0.412. The Hall–Kier alpha value is -1.28. The monoisotopic (exact) mass is 463 g/mol. The van der Waals surface area contributed by atoms with E-state index >= 15 is 0 Å². The minimum Gasteiger partial charge on any atom is -0.491 e. The van der Waals surface area contributed by atoms with Crippen LogP contribution in [0.1, 0.15) is 36.9 Å². The average Bonchev–Trinajstić information content (AvgIpc) is 2.86. The van der Waals surface area contributed by atoms with Gasteiger partial charge in [0.15, 0.2) is 0 Å². The van der Waals surface area contributed by atoms with Crippen molar-refractivity contribution in [2.75, 3.05) is 11.0 Å². The lowest BCUT2D eigenvalue weighted by Crippen LogP contribution is -2.24. The molecule has 0 spiro atoms. The zero-order valence-corrected chi connectivity index (χ0v) is 16.9. The number of benzene rings is 1. The minimum atomic E-state index is -0.604. The summed E-state index contributed by atoms with van der Waals surface area (Å²) < 4.78 is 17.0. The molecule has 0 unspecified atom stereocenters. The van der Waals surface area contributed by atoms with Crippen LogP contribution in [0.4, 0.5) is 0 Å². The number of nitrogens with zero attached hydrogens (tertiary/aromatic N) is 1. The summed E-state index contributed by atoms with van der Waals surface area (Å²) >= 11 is 8.48. The van der Waals surface area contributed by atoms with Gasteiger partial charge >= 0.3 is 5.97 Å². The van der Waals surface area contributed by atoms with Gasteiger partial charge in [-0.15, -0.1) is 0 Å². The van der Waals surface area contributed by atoms with Crippen LogP contribution in [0.2, 0.25) is 5.02 Å². The molecule has 1 aromatic carbocycles. The van der Waals surface area contributed by atoms with Crippen molar-refractivity contribution < 1.29 is 18.8 Å². The van der Waals surface area contributed by atoms with E-state index in [-0.39, 0.29) is 0 Å². The molecule has 0 aliphatic rings.